The predicted molar refractivity (Wildman–Crippen MR) is 104 cm³/mol. The third-order valence-electron chi connectivity index (χ3n) is 5.06. The number of urea groups is 1. The zero-order valence-corrected chi connectivity index (χ0v) is 17.0. The van der Waals surface area contributed by atoms with E-state index >= 15 is 0 Å². The van der Waals surface area contributed by atoms with E-state index in [1.54, 1.807) is 38.1 Å². The van der Waals surface area contributed by atoms with Crippen molar-refractivity contribution in [3.05, 3.63) is 23.8 Å². The molecular weight excluding hydrogens is 346 g/mol. The summed E-state index contributed by atoms with van der Waals surface area (Å²) in [6.45, 7) is 1.92. The van der Waals surface area contributed by atoms with E-state index in [1.807, 2.05) is 30.1 Å². The quantitative estimate of drug-likeness (QED) is 0.762. The summed E-state index contributed by atoms with van der Waals surface area (Å²) in [6, 6.07) is 5.84. The Bertz CT molecular complexity index is 655. The van der Waals surface area contributed by atoms with Gasteiger partial charge in [-0.15, -0.1) is 0 Å². The summed E-state index contributed by atoms with van der Waals surface area (Å²) < 4.78 is 10.6. The summed E-state index contributed by atoms with van der Waals surface area (Å²) in [5.74, 6) is 1.55. The van der Waals surface area contributed by atoms with Crippen molar-refractivity contribution in [1.82, 2.24) is 14.7 Å². The van der Waals surface area contributed by atoms with Crippen molar-refractivity contribution < 1.29 is 19.1 Å². The van der Waals surface area contributed by atoms with Gasteiger partial charge in [0.2, 0.25) is 5.91 Å². The van der Waals surface area contributed by atoms with Crippen LogP contribution in [0.2, 0.25) is 0 Å². The molecule has 1 aromatic carbocycles. The number of hydrogen-bond donors (Lipinski definition) is 0. The fraction of sp³-hybridized carbons (Fsp3) is 0.600. The number of benzene rings is 1. The van der Waals surface area contributed by atoms with Gasteiger partial charge in [-0.05, 0) is 37.0 Å². The Hall–Kier alpha value is -2.44. The van der Waals surface area contributed by atoms with Gasteiger partial charge in [0, 0.05) is 46.7 Å². The van der Waals surface area contributed by atoms with Crippen molar-refractivity contribution in [3.63, 3.8) is 0 Å². The molecule has 1 fully saturated rings. The number of hydrogen-bond acceptors (Lipinski definition) is 4. The Labute approximate surface area is 161 Å². The molecule has 0 aliphatic carbocycles. The molecule has 1 heterocycles. The molecular formula is C20H31N3O4. The number of likely N-dealkylation sites (tertiary alicyclic amines) is 1. The van der Waals surface area contributed by atoms with Crippen molar-refractivity contribution >= 4 is 11.9 Å². The molecule has 0 unspecified atom stereocenters. The second-order valence-corrected chi connectivity index (χ2v) is 7.14. The Morgan fingerprint density at radius 3 is 2.26 bits per heavy atom. The van der Waals surface area contributed by atoms with Crippen LogP contribution in [0.5, 0.6) is 11.5 Å². The van der Waals surface area contributed by atoms with Crippen molar-refractivity contribution in [2.45, 2.75) is 19.3 Å². The summed E-state index contributed by atoms with van der Waals surface area (Å²) in [5, 5.41) is 0. The first-order chi connectivity index (χ1) is 12.9. The first-order valence-electron chi connectivity index (χ1n) is 9.29. The van der Waals surface area contributed by atoms with Crippen molar-refractivity contribution in [2.75, 3.05) is 55.0 Å². The molecule has 0 aromatic heterocycles. The highest BCUT2D eigenvalue weighted by Gasteiger charge is 2.29. The lowest BCUT2D eigenvalue weighted by Crippen LogP contribution is -2.46. The van der Waals surface area contributed by atoms with Crippen molar-refractivity contribution in [1.29, 1.82) is 0 Å². The van der Waals surface area contributed by atoms with E-state index in [9.17, 15) is 9.59 Å². The normalized spacial score (nSPS) is 14.6. The average molecular weight is 377 g/mol. The Morgan fingerprint density at radius 2 is 1.70 bits per heavy atom. The fourth-order valence-corrected chi connectivity index (χ4v) is 3.36. The first-order valence-corrected chi connectivity index (χ1v) is 9.29. The van der Waals surface area contributed by atoms with E-state index < -0.39 is 0 Å². The number of methoxy groups -OCH3 is 2. The second kappa shape index (κ2) is 9.48. The number of likely N-dealkylation sites (N-methyl/N-ethyl adjacent to an activating group) is 1. The number of piperidine rings is 1. The van der Waals surface area contributed by atoms with E-state index in [-0.39, 0.29) is 17.9 Å². The van der Waals surface area contributed by atoms with Gasteiger partial charge in [0.25, 0.3) is 0 Å². The van der Waals surface area contributed by atoms with Crippen LogP contribution in [0.4, 0.5) is 4.79 Å². The number of nitrogens with zero attached hydrogens (tertiary/aromatic N) is 3. The van der Waals surface area contributed by atoms with Crippen LogP contribution >= 0.6 is 0 Å². The Kier molecular flexibility index (Phi) is 7.33. The van der Waals surface area contributed by atoms with Crippen LogP contribution < -0.4 is 9.47 Å². The third kappa shape index (κ3) is 5.28. The van der Waals surface area contributed by atoms with Gasteiger partial charge in [0.15, 0.2) is 11.5 Å². The largest absolute Gasteiger partial charge is 0.493 e. The highest BCUT2D eigenvalue weighted by Crippen LogP contribution is 2.28. The van der Waals surface area contributed by atoms with Gasteiger partial charge in [-0.3, -0.25) is 4.79 Å². The van der Waals surface area contributed by atoms with Gasteiger partial charge < -0.3 is 24.2 Å². The second-order valence-electron chi connectivity index (χ2n) is 7.14. The molecule has 0 bridgehead atoms. The lowest BCUT2D eigenvalue weighted by Gasteiger charge is -2.34. The first kappa shape index (κ1) is 20.9. The molecule has 1 aliphatic rings. The van der Waals surface area contributed by atoms with Crippen molar-refractivity contribution in [3.8, 4) is 11.5 Å². The summed E-state index contributed by atoms with van der Waals surface area (Å²) in [4.78, 5) is 29.9. The molecule has 27 heavy (non-hydrogen) atoms. The summed E-state index contributed by atoms with van der Waals surface area (Å²) in [6.07, 6.45) is 2.19. The Morgan fingerprint density at radius 1 is 1.07 bits per heavy atom. The van der Waals surface area contributed by atoms with Gasteiger partial charge in [-0.1, -0.05) is 6.07 Å². The molecule has 1 saturated heterocycles. The van der Waals surface area contributed by atoms with Gasteiger partial charge in [-0.2, -0.15) is 0 Å². The SMILES string of the molecule is COc1ccc(CCN(C)C(=O)C2CCN(C(=O)N(C)C)CC2)cc1OC. The molecule has 0 spiro atoms. The minimum atomic E-state index is -0.00776. The van der Waals surface area contributed by atoms with E-state index in [1.165, 1.54) is 0 Å². The van der Waals surface area contributed by atoms with Gasteiger partial charge in [0.1, 0.15) is 0 Å². The van der Waals surface area contributed by atoms with Gasteiger partial charge in [-0.25, -0.2) is 4.79 Å². The van der Waals surface area contributed by atoms with Crippen LogP contribution in [0.3, 0.4) is 0 Å². The van der Waals surface area contributed by atoms with E-state index in [0.717, 1.165) is 24.8 Å². The number of rotatable bonds is 6. The molecule has 0 radical (unpaired) electrons. The van der Waals surface area contributed by atoms with Crippen molar-refractivity contribution in [2.24, 2.45) is 5.92 Å². The highest BCUT2D eigenvalue weighted by atomic mass is 16.5. The summed E-state index contributed by atoms with van der Waals surface area (Å²) >= 11 is 0. The van der Waals surface area contributed by atoms with Crippen LogP contribution in [0.1, 0.15) is 18.4 Å². The smallest absolute Gasteiger partial charge is 0.319 e. The Balaban J connectivity index is 1.85. The third-order valence-corrected chi connectivity index (χ3v) is 5.06. The molecule has 3 amide bonds. The monoisotopic (exact) mass is 377 g/mol. The number of carbonyl (C=O) groups is 2. The number of amides is 3. The number of carbonyl (C=O) groups excluding carboxylic acids is 2. The molecule has 7 nitrogen and oxygen atoms in total. The maximum atomic E-state index is 12.7. The molecule has 150 valence electrons. The topological polar surface area (TPSA) is 62.3 Å². The van der Waals surface area contributed by atoms with Crippen LogP contribution in [0.15, 0.2) is 18.2 Å². The lowest BCUT2D eigenvalue weighted by atomic mass is 9.95. The van der Waals surface area contributed by atoms with Crippen LogP contribution in [-0.2, 0) is 11.2 Å². The van der Waals surface area contributed by atoms with E-state index in [4.69, 9.17) is 9.47 Å². The molecule has 2 rings (SSSR count). The standard InChI is InChI=1S/C20H31N3O4/c1-21(2)20(25)23-12-9-16(10-13-23)19(24)22(3)11-8-15-6-7-17(26-4)18(14-15)27-5/h6-7,14,16H,8-13H2,1-5H3. The predicted octanol–water partition coefficient (Wildman–Crippen LogP) is 2.10. The molecule has 0 atom stereocenters. The molecule has 0 saturated carbocycles. The van der Waals surface area contributed by atoms with Crippen LogP contribution in [0, 0.1) is 5.92 Å². The molecule has 7 heteroatoms. The zero-order valence-electron chi connectivity index (χ0n) is 17.0. The van der Waals surface area contributed by atoms with Crippen LogP contribution in [0.25, 0.3) is 0 Å². The van der Waals surface area contributed by atoms with E-state index in [2.05, 4.69) is 0 Å². The highest BCUT2D eigenvalue weighted by molar-refractivity contribution is 5.79. The zero-order chi connectivity index (χ0) is 20.0. The summed E-state index contributed by atoms with van der Waals surface area (Å²) in [7, 11) is 8.58. The number of ether oxygens (including phenoxy) is 2. The molecule has 1 aliphatic heterocycles. The molecule has 0 N–H and O–H groups in total. The average Bonchev–Trinajstić information content (AvgIpc) is 2.70. The molecule has 1 aromatic rings. The van der Waals surface area contributed by atoms with Crippen LogP contribution in [-0.4, -0.2) is 81.6 Å². The fourth-order valence-electron chi connectivity index (χ4n) is 3.36. The minimum absolute atomic E-state index is 0.00776. The maximum absolute atomic E-state index is 12.7. The maximum Gasteiger partial charge on any atom is 0.319 e. The summed E-state index contributed by atoms with van der Waals surface area (Å²) in [5.41, 5.74) is 1.10. The van der Waals surface area contributed by atoms with E-state index in [0.29, 0.717) is 31.1 Å². The van der Waals surface area contributed by atoms with Gasteiger partial charge in [0.05, 0.1) is 14.2 Å². The lowest BCUT2D eigenvalue weighted by molar-refractivity contribution is -0.135. The van der Waals surface area contributed by atoms with Gasteiger partial charge >= 0.3 is 6.03 Å². The minimum Gasteiger partial charge on any atom is -0.493 e.